The van der Waals surface area contributed by atoms with Crippen LogP contribution in [0.4, 0.5) is 5.69 Å². The van der Waals surface area contributed by atoms with Crippen LogP contribution >= 0.6 is 0 Å². The minimum Gasteiger partial charge on any atom is -0.502 e. The molecule has 0 heterocycles. The monoisotopic (exact) mass is 307 g/mol. The number of ether oxygens (including phenoxy) is 2. The van der Waals surface area contributed by atoms with Crippen molar-refractivity contribution in [3.05, 3.63) is 60.2 Å². The highest BCUT2D eigenvalue weighted by Gasteiger charge is 2.10. The van der Waals surface area contributed by atoms with E-state index in [0.29, 0.717) is 11.5 Å². The molecule has 4 heteroatoms. The van der Waals surface area contributed by atoms with E-state index < -0.39 is 0 Å². The standard InChI is InChI=1S/C19H17NO3/c1-22-17-9-13(10-18(23-2)19(17)21)12-20-16-8-7-14-5-3-4-6-15(14)11-16/h3-12,21H,1-2H3. The lowest BCUT2D eigenvalue weighted by molar-refractivity contribution is 0.340. The van der Waals surface area contributed by atoms with Gasteiger partial charge >= 0.3 is 0 Å². The van der Waals surface area contributed by atoms with E-state index >= 15 is 0 Å². The average molecular weight is 307 g/mol. The molecular formula is C19H17NO3. The van der Waals surface area contributed by atoms with Crippen molar-refractivity contribution in [3.63, 3.8) is 0 Å². The first-order valence-electron chi connectivity index (χ1n) is 7.19. The van der Waals surface area contributed by atoms with Gasteiger partial charge in [-0.3, -0.25) is 4.99 Å². The van der Waals surface area contributed by atoms with Crippen molar-refractivity contribution in [1.82, 2.24) is 0 Å². The van der Waals surface area contributed by atoms with Crippen molar-refractivity contribution < 1.29 is 14.6 Å². The Kier molecular flexibility index (Phi) is 4.15. The first kappa shape index (κ1) is 14.9. The lowest BCUT2D eigenvalue weighted by Crippen LogP contribution is -1.92. The number of hydrogen-bond donors (Lipinski definition) is 1. The van der Waals surface area contributed by atoms with E-state index in [4.69, 9.17) is 9.47 Å². The molecule has 0 aliphatic heterocycles. The average Bonchev–Trinajstić information content (AvgIpc) is 2.60. The first-order valence-corrected chi connectivity index (χ1v) is 7.19. The summed E-state index contributed by atoms with van der Waals surface area (Å²) in [5.74, 6) is 0.687. The highest BCUT2D eigenvalue weighted by Crippen LogP contribution is 2.36. The summed E-state index contributed by atoms with van der Waals surface area (Å²) in [4.78, 5) is 4.49. The Labute approximate surface area is 134 Å². The van der Waals surface area contributed by atoms with Gasteiger partial charge in [-0.15, -0.1) is 0 Å². The lowest BCUT2D eigenvalue weighted by Gasteiger charge is -2.09. The van der Waals surface area contributed by atoms with Gasteiger partial charge in [0.05, 0.1) is 19.9 Å². The Morgan fingerprint density at radius 3 is 2.17 bits per heavy atom. The van der Waals surface area contributed by atoms with Crippen LogP contribution in [-0.2, 0) is 0 Å². The quantitative estimate of drug-likeness (QED) is 0.731. The summed E-state index contributed by atoms with van der Waals surface area (Å²) in [7, 11) is 3.00. The molecule has 3 aromatic carbocycles. The van der Waals surface area contributed by atoms with Gasteiger partial charge < -0.3 is 14.6 Å². The van der Waals surface area contributed by atoms with Crippen LogP contribution in [0.15, 0.2) is 59.6 Å². The smallest absolute Gasteiger partial charge is 0.200 e. The summed E-state index contributed by atoms with van der Waals surface area (Å²) in [6.07, 6.45) is 1.72. The lowest BCUT2D eigenvalue weighted by atomic mass is 10.1. The normalized spacial score (nSPS) is 11.0. The number of rotatable bonds is 4. The van der Waals surface area contributed by atoms with Crippen molar-refractivity contribution in [2.45, 2.75) is 0 Å². The molecule has 1 N–H and O–H groups in total. The number of nitrogens with zero attached hydrogens (tertiary/aromatic N) is 1. The van der Waals surface area contributed by atoms with E-state index in [1.54, 1.807) is 18.3 Å². The molecule has 0 bridgehead atoms. The Bertz CT molecular complexity index is 846. The molecule has 0 amide bonds. The van der Waals surface area contributed by atoms with Gasteiger partial charge in [0.15, 0.2) is 11.5 Å². The predicted molar refractivity (Wildman–Crippen MR) is 92.4 cm³/mol. The molecule has 0 unspecified atom stereocenters. The number of hydrogen-bond acceptors (Lipinski definition) is 4. The molecular weight excluding hydrogens is 290 g/mol. The molecule has 0 aromatic heterocycles. The third kappa shape index (κ3) is 3.11. The van der Waals surface area contributed by atoms with Crippen molar-refractivity contribution in [2.75, 3.05) is 14.2 Å². The molecule has 3 rings (SSSR count). The van der Waals surface area contributed by atoms with Gasteiger partial charge in [0.2, 0.25) is 5.75 Å². The third-order valence-electron chi connectivity index (χ3n) is 3.60. The topological polar surface area (TPSA) is 51.0 Å². The maximum atomic E-state index is 9.92. The summed E-state index contributed by atoms with van der Waals surface area (Å²) in [5, 5.41) is 12.2. The number of aliphatic imine (C=N–C) groups is 1. The zero-order valence-corrected chi connectivity index (χ0v) is 13.0. The Hall–Kier alpha value is -3.01. The maximum absolute atomic E-state index is 9.92. The van der Waals surface area contributed by atoms with Crippen molar-refractivity contribution in [1.29, 1.82) is 0 Å². The second-order valence-electron chi connectivity index (χ2n) is 5.06. The highest BCUT2D eigenvalue weighted by atomic mass is 16.5. The molecule has 0 fully saturated rings. The molecule has 23 heavy (non-hydrogen) atoms. The third-order valence-corrected chi connectivity index (χ3v) is 3.60. The number of phenolic OH excluding ortho intramolecular Hbond substituents is 1. The van der Waals surface area contributed by atoms with Gasteiger partial charge in [-0.25, -0.2) is 0 Å². The number of methoxy groups -OCH3 is 2. The Balaban J connectivity index is 1.94. The van der Waals surface area contributed by atoms with Crippen molar-refractivity contribution >= 4 is 22.7 Å². The maximum Gasteiger partial charge on any atom is 0.200 e. The fourth-order valence-electron chi connectivity index (χ4n) is 2.39. The highest BCUT2D eigenvalue weighted by molar-refractivity contribution is 5.88. The molecule has 116 valence electrons. The molecule has 0 saturated heterocycles. The molecule has 0 spiro atoms. The number of phenols is 1. The fourth-order valence-corrected chi connectivity index (χ4v) is 2.39. The summed E-state index contributed by atoms with van der Waals surface area (Å²) in [6, 6.07) is 17.6. The summed E-state index contributed by atoms with van der Waals surface area (Å²) in [6.45, 7) is 0. The molecule has 0 aliphatic carbocycles. The Morgan fingerprint density at radius 2 is 1.52 bits per heavy atom. The van der Waals surface area contributed by atoms with Crippen LogP contribution in [0.2, 0.25) is 0 Å². The minimum absolute atomic E-state index is 0.0159. The van der Waals surface area contributed by atoms with Crippen LogP contribution in [0.3, 0.4) is 0 Å². The molecule has 0 atom stereocenters. The van der Waals surface area contributed by atoms with Crippen molar-refractivity contribution in [3.8, 4) is 17.2 Å². The van der Waals surface area contributed by atoms with Crippen LogP contribution in [-0.4, -0.2) is 25.5 Å². The van der Waals surface area contributed by atoms with Crippen LogP contribution in [0.25, 0.3) is 10.8 Å². The summed E-state index contributed by atoms with van der Waals surface area (Å²) < 4.78 is 10.3. The fraction of sp³-hybridized carbons (Fsp3) is 0.105. The van der Waals surface area contributed by atoms with Crippen molar-refractivity contribution in [2.24, 2.45) is 4.99 Å². The van der Waals surface area contributed by atoms with Crippen LogP contribution in [0, 0.1) is 0 Å². The van der Waals surface area contributed by atoms with E-state index in [0.717, 1.165) is 16.6 Å². The van der Waals surface area contributed by atoms with E-state index in [2.05, 4.69) is 17.1 Å². The molecule has 3 aromatic rings. The van der Waals surface area contributed by atoms with Gasteiger partial charge in [0, 0.05) is 11.8 Å². The largest absolute Gasteiger partial charge is 0.502 e. The van der Waals surface area contributed by atoms with E-state index in [9.17, 15) is 5.11 Å². The second kappa shape index (κ2) is 6.40. The first-order chi connectivity index (χ1) is 11.2. The Morgan fingerprint density at radius 1 is 0.870 bits per heavy atom. The zero-order chi connectivity index (χ0) is 16.2. The number of fused-ring (bicyclic) bond motifs is 1. The van der Waals surface area contributed by atoms with Crippen LogP contribution in [0.5, 0.6) is 17.2 Å². The van der Waals surface area contributed by atoms with E-state index in [1.165, 1.54) is 19.6 Å². The molecule has 0 radical (unpaired) electrons. The van der Waals surface area contributed by atoms with Crippen LogP contribution < -0.4 is 9.47 Å². The zero-order valence-electron chi connectivity index (χ0n) is 13.0. The van der Waals surface area contributed by atoms with Gasteiger partial charge in [0.25, 0.3) is 0 Å². The van der Waals surface area contributed by atoms with Gasteiger partial charge in [-0.2, -0.15) is 0 Å². The second-order valence-corrected chi connectivity index (χ2v) is 5.06. The molecule has 0 aliphatic rings. The SMILES string of the molecule is COc1cc(C=Nc2ccc3ccccc3c2)cc(OC)c1O. The molecule has 4 nitrogen and oxygen atoms in total. The van der Waals surface area contributed by atoms with Gasteiger partial charge in [0.1, 0.15) is 0 Å². The predicted octanol–water partition coefficient (Wildman–Crippen LogP) is 4.31. The van der Waals surface area contributed by atoms with E-state index in [-0.39, 0.29) is 5.75 Å². The van der Waals surface area contributed by atoms with Crippen LogP contribution in [0.1, 0.15) is 5.56 Å². The summed E-state index contributed by atoms with van der Waals surface area (Å²) in [5.41, 5.74) is 1.64. The van der Waals surface area contributed by atoms with E-state index in [1.807, 2.05) is 30.3 Å². The summed E-state index contributed by atoms with van der Waals surface area (Å²) >= 11 is 0. The number of aromatic hydroxyl groups is 1. The minimum atomic E-state index is -0.0159. The van der Waals surface area contributed by atoms with Gasteiger partial charge in [-0.05, 0) is 35.0 Å². The molecule has 0 saturated carbocycles. The van der Waals surface area contributed by atoms with Gasteiger partial charge in [-0.1, -0.05) is 30.3 Å². The number of benzene rings is 3.